The quantitative estimate of drug-likeness (QED) is 0.943. The zero-order valence-electron chi connectivity index (χ0n) is 11.9. The molecule has 0 atom stereocenters. The summed E-state index contributed by atoms with van der Waals surface area (Å²) in [6, 6.07) is 5.33. The SMILES string of the molecule is Cc1cccc(C(=O)O)c1Sc1nnc2n1CCCCC2. The predicted octanol–water partition coefficient (Wildman–Crippen LogP) is 3.16. The van der Waals surface area contributed by atoms with Crippen LogP contribution in [0.3, 0.4) is 0 Å². The Labute approximate surface area is 127 Å². The van der Waals surface area contributed by atoms with Crippen LogP contribution in [0, 0.1) is 6.92 Å². The third-order valence-corrected chi connectivity index (χ3v) is 4.94. The molecule has 0 radical (unpaired) electrons. The molecule has 0 saturated carbocycles. The van der Waals surface area contributed by atoms with Crippen molar-refractivity contribution in [1.29, 1.82) is 0 Å². The van der Waals surface area contributed by atoms with Gasteiger partial charge in [-0.25, -0.2) is 4.79 Å². The van der Waals surface area contributed by atoms with Gasteiger partial charge in [0.1, 0.15) is 5.82 Å². The first-order valence-electron chi connectivity index (χ1n) is 7.09. The maximum atomic E-state index is 11.4. The standard InChI is InChI=1S/C15H17N3O2S/c1-10-6-5-7-11(14(19)20)13(10)21-15-17-16-12-8-3-2-4-9-18(12)15/h5-7H,2-4,8-9H2,1H3,(H,19,20). The highest BCUT2D eigenvalue weighted by Gasteiger charge is 2.19. The van der Waals surface area contributed by atoms with Crippen LogP contribution in [0.2, 0.25) is 0 Å². The summed E-state index contributed by atoms with van der Waals surface area (Å²) in [6.45, 7) is 2.84. The van der Waals surface area contributed by atoms with Crippen molar-refractivity contribution in [1.82, 2.24) is 14.8 Å². The average Bonchev–Trinajstić information content (AvgIpc) is 2.69. The van der Waals surface area contributed by atoms with Gasteiger partial charge in [-0.05, 0) is 43.2 Å². The van der Waals surface area contributed by atoms with E-state index < -0.39 is 5.97 Å². The molecule has 2 aromatic rings. The van der Waals surface area contributed by atoms with Crippen molar-refractivity contribution >= 4 is 17.7 Å². The Morgan fingerprint density at radius 3 is 2.95 bits per heavy atom. The van der Waals surface area contributed by atoms with Gasteiger partial charge in [0.25, 0.3) is 0 Å². The fraction of sp³-hybridized carbons (Fsp3) is 0.400. The fourth-order valence-corrected chi connectivity index (χ4v) is 3.65. The van der Waals surface area contributed by atoms with Crippen LogP contribution in [-0.2, 0) is 13.0 Å². The van der Waals surface area contributed by atoms with Crippen molar-refractivity contribution in [2.75, 3.05) is 0 Å². The van der Waals surface area contributed by atoms with Crippen molar-refractivity contribution < 1.29 is 9.90 Å². The Balaban J connectivity index is 1.98. The van der Waals surface area contributed by atoms with E-state index in [1.54, 1.807) is 12.1 Å². The molecule has 110 valence electrons. The number of aromatic nitrogens is 3. The maximum absolute atomic E-state index is 11.4. The molecule has 21 heavy (non-hydrogen) atoms. The van der Waals surface area contributed by atoms with Gasteiger partial charge in [-0.1, -0.05) is 18.6 Å². The second kappa shape index (κ2) is 5.89. The Bertz CT molecular complexity index is 682. The lowest BCUT2D eigenvalue weighted by molar-refractivity contribution is 0.0693. The van der Waals surface area contributed by atoms with Crippen molar-refractivity contribution in [2.24, 2.45) is 0 Å². The fourth-order valence-electron chi connectivity index (χ4n) is 2.58. The maximum Gasteiger partial charge on any atom is 0.336 e. The molecule has 0 spiro atoms. The van der Waals surface area contributed by atoms with Gasteiger partial charge in [0, 0.05) is 17.9 Å². The summed E-state index contributed by atoms with van der Waals surface area (Å²) in [4.78, 5) is 12.1. The highest BCUT2D eigenvalue weighted by molar-refractivity contribution is 7.99. The molecule has 0 unspecified atom stereocenters. The minimum Gasteiger partial charge on any atom is -0.478 e. The highest BCUT2D eigenvalue weighted by atomic mass is 32.2. The van der Waals surface area contributed by atoms with E-state index in [1.165, 1.54) is 18.2 Å². The molecule has 1 N–H and O–H groups in total. The van der Waals surface area contributed by atoms with E-state index >= 15 is 0 Å². The van der Waals surface area contributed by atoms with Crippen LogP contribution in [0.5, 0.6) is 0 Å². The minimum absolute atomic E-state index is 0.325. The molecule has 6 heteroatoms. The molecule has 1 aromatic carbocycles. The summed E-state index contributed by atoms with van der Waals surface area (Å²) in [5, 5.41) is 18.7. The van der Waals surface area contributed by atoms with Crippen molar-refractivity contribution in [3.8, 4) is 0 Å². The zero-order chi connectivity index (χ0) is 14.8. The first-order chi connectivity index (χ1) is 10.2. The van der Waals surface area contributed by atoms with E-state index in [-0.39, 0.29) is 0 Å². The number of nitrogens with zero attached hydrogens (tertiary/aromatic N) is 3. The van der Waals surface area contributed by atoms with Gasteiger partial charge in [0.05, 0.1) is 5.56 Å². The molecular weight excluding hydrogens is 286 g/mol. The summed E-state index contributed by atoms with van der Waals surface area (Å²) >= 11 is 1.41. The summed E-state index contributed by atoms with van der Waals surface area (Å²) in [5.74, 6) is 0.109. The Morgan fingerprint density at radius 2 is 2.14 bits per heavy atom. The van der Waals surface area contributed by atoms with Gasteiger partial charge in [-0.2, -0.15) is 0 Å². The molecule has 0 saturated heterocycles. The van der Waals surface area contributed by atoms with E-state index in [9.17, 15) is 9.90 Å². The summed E-state index contributed by atoms with van der Waals surface area (Å²) in [5.41, 5.74) is 1.27. The average molecular weight is 303 g/mol. The number of carboxylic acids is 1. The molecule has 0 amide bonds. The highest BCUT2D eigenvalue weighted by Crippen LogP contribution is 2.33. The molecule has 0 fully saturated rings. The van der Waals surface area contributed by atoms with E-state index in [0.29, 0.717) is 5.56 Å². The number of rotatable bonds is 3. The van der Waals surface area contributed by atoms with Gasteiger partial charge in [-0.3, -0.25) is 0 Å². The summed E-state index contributed by atoms with van der Waals surface area (Å²) in [7, 11) is 0. The summed E-state index contributed by atoms with van der Waals surface area (Å²) in [6.07, 6.45) is 4.43. The zero-order valence-corrected chi connectivity index (χ0v) is 12.7. The number of aromatic carboxylic acids is 1. The van der Waals surface area contributed by atoms with Crippen LogP contribution in [0.25, 0.3) is 0 Å². The second-order valence-corrected chi connectivity index (χ2v) is 6.20. The minimum atomic E-state index is -0.906. The number of carboxylic acid groups (broad SMARTS) is 1. The van der Waals surface area contributed by atoms with Crippen LogP contribution in [0.4, 0.5) is 0 Å². The van der Waals surface area contributed by atoms with Crippen LogP contribution < -0.4 is 0 Å². The van der Waals surface area contributed by atoms with Crippen LogP contribution >= 0.6 is 11.8 Å². The van der Waals surface area contributed by atoms with E-state index in [1.807, 2.05) is 13.0 Å². The van der Waals surface area contributed by atoms with Crippen molar-refractivity contribution in [2.45, 2.75) is 49.2 Å². The Hall–Kier alpha value is -1.82. The molecular formula is C15H17N3O2S. The van der Waals surface area contributed by atoms with Gasteiger partial charge in [0.2, 0.25) is 0 Å². The third kappa shape index (κ3) is 2.81. The molecule has 1 aliphatic rings. The van der Waals surface area contributed by atoms with Gasteiger partial charge in [-0.15, -0.1) is 10.2 Å². The second-order valence-electron chi connectivity index (χ2n) is 5.22. The van der Waals surface area contributed by atoms with Crippen molar-refractivity contribution in [3.05, 3.63) is 35.2 Å². The molecule has 0 bridgehead atoms. The van der Waals surface area contributed by atoms with E-state index in [4.69, 9.17) is 0 Å². The van der Waals surface area contributed by atoms with Crippen molar-refractivity contribution in [3.63, 3.8) is 0 Å². The lowest BCUT2D eigenvalue weighted by Crippen LogP contribution is -2.04. The number of aryl methyl sites for hydroxylation is 2. The molecule has 1 aromatic heterocycles. The third-order valence-electron chi connectivity index (χ3n) is 3.71. The lowest BCUT2D eigenvalue weighted by atomic mass is 10.1. The van der Waals surface area contributed by atoms with Gasteiger partial charge >= 0.3 is 5.97 Å². The smallest absolute Gasteiger partial charge is 0.336 e. The molecule has 3 rings (SSSR count). The number of hydrogen-bond donors (Lipinski definition) is 1. The number of hydrogen-bond acceptors (Lipinski definition) is 4. The Morgan fingerprint density at radius 1 is 1.29 bits per heavy atom. The number of carbonyl (C=O) groups is 1. The van der Waals surface area contributed by atoms with Gasteiger partial charge < -0.3 is 9.67 Å². The van der Waals surface area contributed by atoms with Gasteiger partial charge in [0.15, 0.2) is 5.16 Å². The summed E-state index contributed by atoms with van der Waals surface area (Å²) < 4.78 is 2.13. The van der Waals surface area contributed by atoms with Crippen LogP contribution in [0.15, 0.2) is 28.3 Å². The number of benzene rings is 1. The predicted molar refractivity (Wildman–Crippen MR) is 79.8 cm³/mol. The van der Waals surface area contributed by atoms with Crippen LogP contribution in [0.1, 0.15) is 41.0 Å². The van der Waals surface area contributed by atoms with Crippen LogP contribution in [-0.4, -0.2) is 25.8 Å². The van der Waals surface area contributed by atoms with E-state index in [0.717, 1.165) is 47.2 Å². The molecule has 2 heterocycles. The lowest BCUT2D eigenvalue weighted by Gasteiger charge is -2.10. The first kappa shape index (κ1) is 14.1. The number of fused-ring (bicyclic) bond motifs is 1. The Kier molecular flexibility index (Phi) is 3.96. The monoisotopic (exact) mass is 303 g/mol. The molecule has 5 nitrogen and oxygen atoms in total. The topological polar surface area (TPSA) is 68.0 Å². The normalized spacial score (nSPS) is 14.5. The largest absolute Gasteiger partial charge is 0.478 e. The molecule has 0 aliphatic carbocycles. The molecule has 1 aliphatic heterocycles. The van der Waals surface area contributed by atoms with E-state index in [2.05, 4.69) is 14.8 Å². The first-order valence-corrected chi connectivity index (χ1v) is 7.91.